The predicted molar refractivity (Wildman–Crippen MR) is 109 cm³/mol. The number of phosphoric ester groups is 1. The molecule has 210 valence electrons. The normalized spacial score (nSPS) is 36.2. The highest BCUT2D eigenvalue weighted by molar-refractivity contribution is 7.60. The maximum atomic E-state index is 12.6. The summed E-state index contributed by atoms with van der Waals surface area (Å²) >= 11 is 0. The van der Waals surface area contributed by atoms with E-state index < -0.39 is 94.7 Å². The van der Waals surface area contributed by atoms with Gasteiger partial charge in [0.25, 0.3) is 5.56 Å². The number of H-pyrrole nitrogens is 1. The number of hydrogen-bond acceptors (Lipinski definition) is 15. The molecule has 1 aromatic heterocycles. The van der Waals surface area contributed by atoms with Crippen molar-refractivity contribution in [2.75, 3.05) is 6.61 Å². The Bertz CT molecular complexity index is 1200. The molecule has 0 saturated carbocycles. The molecule has 37 heavy (non-hydrogen) atoms. The lowest BCUT2D eigenvalue weighted by Gasteiger charge is -2.37. The van der Waals surface area contributed by atoms with Gasteiger partial charge in [-0.2, -0.15) is 4.31 Å². The van der Waals surface area contributed by atoms with Crippen LogP contribution in [0.25, 0.3) is 0 Å². The average molecular weight is 580 g/mol. The molecule has 0 bridgehead atoms. The summed E-state index contributed by atoms with van der Waals surface area (Å²) in [6, 6.07) is 0.860. The van der Waals surface area contributed by atoms with Crippen LogP contribution in [0, 0.1) is 0 Å². The third kappa shape index (κ3) is 6.96. The Labute approximate surface area is 204 Å². The fourth-order valence-corrected chi connectivity index (χ4v) is 5.04. The summed E-state index contributed by atoms with van der Waals surface area (Å²) in [5.41, 5.74) is -1.93. The van der Waals surface area contributed by atoms with Crippen molar-refractivity contribution in [3.05, 3.63) is 33.1 Å². The van der Waals surface area contributed by atoms with Crippen molar-refractivity contribution < 1.29 is 77.2 Å². The van der Waals surface area contributed by atoms with Crippen molar-refractivity contribution in [1.29, 1.82) is 0 Å². The quantitative estimate of drug-likeness (QED) is 0.102. The molecule has 0 aromatic carbocycles. The molecular formula is C15H22N2O18P2. The van der Waals surface area contributed by atoms with Crippen molar-refractivity contribution in [2.45, 2.75) is 55.2 Å². The van der Waals surface area contributed by atoms with E-state index in [1.54, 1.807) is 0 Å². The van der Waals surface area contributed by atoms with Crippen LogP contribution in [0.4, 0.5) is 0 Å². The van der Waals surface area contributed by atoms with E-state index in [4.69, 9.17) is 24.0 Å². The lowest BCUT2D eigenvalue weighted by atomic mass is 9.99. The zero-order valence-electron chi connectivity index (χ0n) is 18.1. The van der Waals surface area contributed by atoms with E-state index >= 15 is 0 Å². The highest BCUT2D eigenvalue weighted by atomic mass is 31.3. The Morgan fingerprint density at radius 1 is 1.00 bits per heavy atom. The van der Waals surface area contributed by atoms with Gasteiger partial charge in [0.15, 0.2) is 24.7 Å². The fourth-order valence-electron chi connectivity index (χ4n) is 3.44. The Hall–Kier alpha value is -1.87. The second-order valence-corrected chi connectivity index (χ2v) is 10.6. The first-order chi connectivity index (χ1) is 17.0. The maximum Gasteiger partial charge on any atom is 0.481 e. The molecule has 2 aliphatic heterocycles. The molecule has 22 heteroatoms. The monoisotopic (exact) mass is 580 g/mol. The Kier molecular flexibility index (Phi) is 8.89. The smallest absolute Gasteiger partial charge is 0.455 e. The fraction of sp³-hybridized carbons (Fsp3) is 0.667. The molecule has 10 atom stereocenters. The summed E-state index contributed by atoms with van der Waals surface area (Å²) < 4.78 is 46.4. The Morgan fingerprint density at radius 3 is 2.24 bits per heavy atom. The number of ether oxygens (including phenoxy) is 3. The van der Waals surface area contributed by atoms with Crippen LogP contribution < -0.4 is 11.2 Å². The van der Waals surface area contributed by atoms with E-state index in [2.05, 4.69) is 8.83 Å². The summed E-state index contributed by atoms with van der Waals surface area (Å²) in [5.74, 6) is -1.55. The van der Waals surface area contributed by atoms with Gasteiger partial charge in [0, 0.05) is 12.3 Å². The molecule has 20 nitrogen and oxygen atoms in total. The number of carbonyl (C=O) groups is 1. The molecule has 2 saturated heterocycles. The van der Waals surface area contributed by atoms with E-state index in [9.17, 15) is 53.9 Å². The van der Waals surface area contributed by atoms with Crippen LogP contribution >= 0.6 is 15.6 Å². The van der Waals surface area contributed by atoms with Crippen LogP contribution in [-0.2, 0) is 37.0 Å². The van der Waals surface area contributed by atoms with Gasteiger partial charge in [-0.25, -0.2) is 18.7 Å². The minimum atomic E-state index is -5.52. The largest absolute Gasteiger partial charge is 0.481 e. The molecular weight excluding hydrogens is 558 g/mol. The van der Waals surface area contributed by atoms with Crippen LogP contribution in [-0.4, -0.2) is 111 Å². The molecule has 3 heterocycles. The number of esters is 1. The van der Waals surface area contributed by atoms with Crippen LogP contribution in [0.1, 0.15) is 6.23 Å². The van der Waals surface area contributed by atoms with E-state index in [1.807, 2.05) is 4.98 Å². The molecule has 2 aliphatic rings. The second kappa shape index (κ2) is 11.1. The van der Waals surface area contributed by atoms with Crippen molar-refractivity contribution in [1.82, 2.24) is 9.55 Å². The minimum Gasteiger partial charge on any atom is -0.455 e. The molecule has 0 amide bonds. The predicted octanol–water partition coefficient (Wildman–Crippen LogP) is -5.27. The molecule has 1 unspecified atom stereocenters. The van der Waals surface area contributed by atoms with E-state index in [0.717, 1.165) is 12.3 Å². The number of nitrogens with one attached hydrogen (secondary N) is 1. The van der Waals surface area contributed by atoms with Crippen LogP contribution in [0.3, 0.4) is 0 Å². The summed E-state index contributed by atoms with van der Waals surface area (Å²) in [6.45, 7) is -1.16. The number of nitrogens with zero attached hydrogens (tertiary/aromatic N) is 1. The van der Waals surface area contributed by atoms with Gasteiger partial charge in [-0.05, 0) is 0 Å². The van der Waals surface area contributed by atoms with E-state index in [-0.39, 0.29) is 0 Å². The number of carbonyl (C=O) groups excluding carboxylic acids is 1. The number of aliphatic hydroxyl groups is 5. The highest BCUT2D eigenvalue weighted by Crippen LogP contribution is 2.57. The first-order valence-corrected chi connectivity index (χ1v) is 13.0. The summed E-state index contributed by atoms with van der Waals surface area (Å²) in [5, 5.41) is 49.6. The lowest BCUT2D eigenvalue weighted by Crippen LogP contribution is -2.60. The highest BCUT2D eigenvalue weighted by Gasteiger charge is 2.52. The first-order valence-electron chi connectivity index (χ1n) is 9.98. The average Bonchev–Trinajstić information content (AvgIpc) is 3.07. The standard InChI is InChI=1S/C15H22N2O18P2/c18-5-1-2-17(15(25)16-5)12-9(22)10(4(32-12)3-31-37(29,30)35-36(26,27)28)33-14(24)11-7(20)6(19)8(21)13(23)34-11/h1-2,4,6-13,19-23H,3H2,(H,29,30)(H,16,18,25)(H2,26,27,28)/t4-,6+,7+,8-,9-,10-,11+,12-,13+/m1/s1. The summed E-state index contributed by atoms with van der Waals surface area (Å²) in [6.07, 6.45) is -17.0. The molecule has 0 aliphatic carbocycles. The topological polar surface area (TPSA) is 314 Å². The second-order valence-electron chi connectivity index (χ2n) is 7.73. The van der Waals surface area contributed by atoms with Gasteiger partial charge >= 0.3 is 27.3 Å². The zero-order chi connectivity index (χ0) is 27.9. The van der Waals surface area contributed by atoms with Crippen molar-refractivity contribution in [2.24, 2.45) is 0 Å². The van der Waals surface area contributed by atoms with Gasteiger partial charge in [-0.15, -0.1) is 0 Å². The molecule has 1 aromatic rings. The third-order valence-electron chi connectivity index (χ3n) is 5.12. The van der Waals surface area contributed by atoms with Crippen LogP contribution in [0.5, 0.6) is 0 Å². The van der Waals surface area contributed by atoms with E-state index in [0.29, 0.717) is 4.57 Å². The SMILES string of the molecule is O=C(O[C@H]1[C@@H](O)[C@H](n2ccc(=O)[nH]c2=O)O[C@@H]1COP(=O)(O)OP(=O)(O)O)[C@H]1O[C@H](O)[C@H](O)[C@@H](O)[C@@H]1O. The van der Waals surface area contributed by atoms with Gasteiger partial charge in [0.2, 0.25) is 0 Å². The van der Waals surface area contributed by atoms with Gasteiger partial charge in [0.05, 0.1) is 6.61 Å². The Morgan fingerprint density at radius 2 is 1.65 bits per heavy atom. The molecule has 0 spiro atoms. The van der Waals surface area contributed by atoms with Gasteiger partial charge in [-0.3, -0.25) is 18.9 Å². The minimum absolute atomic E-state index is 0.632. The van der Waals surface area contributed by atoms with Crippen LogP contribution in [0.15, 0.2) is 21.9 Å². The van der Waals surface area contributed by atoms with Crippen molar-refractivity contribution in [3.63, 3.8) is 0 Å². The van der Waals surface area contributed by atoms with E-state index in [1.165, 1.54) is 0 Å². The number of aromatic amines is 1. The maximum absolute atomic E-state index is 12.6. The molecule has 0 radical (unpaired) electrons. The number of aromatic nitrogens is 2. The molecule has 9 N–H and O–H groups in total. The third-order valence-corrected chi connectivity index (χ3v) is 7.27. The number of phosphoric acid groups is 2. The summed E-state index contributed by atoms with van der Waals surface area (Å²) in [4.78, 5) is 64.8. The summed E-state index contributed by atoms with van der Waals surface area (Å²) in [7, 11) is -11.0. The Balaban J connectivity index is 1.85. The number of hydrogen-bond donors (Lipinski definition) is 9. The van der Waals surface area contributed by atoms with Crippen LogP contribution in [0.2, 0.25) is 0 Å². The van der Waals surface area contributed by atoms with Crippen molar-refractivity contribution >= 4 is 21.6 Å². The molecule has 2 fully saturated rings. The number of aliphatic hydroxyl groups excluding tert-OH is 5. The first kappa shape index (κ1) is 29.7. The van der Waals surface area contributed by atoms with Gasteiger partial charge in [0.1, 0.15) is 30.5 Å². The number of rotatable bonds is 8. The lowest BCUT2D eigenvalue weighted by molar-refractivity contribution is -0.282. The van der Waals surface area contributed by atoms with Crippen molar-refractivity contribution in [3.8, 4) is 0 Å². The van der Waals surface area contributed by atoms with Gasteiger partial charge < -0.3 is 54.4 Å². The molecule has 3 rings (SSSR count). The zero-order valence-corrected chi connectivity index (χ0v) is 19.8. The van der Waals surface area contributed by atoms with Gasteiger partial charge in [-0.1, -0.05) is 0 Å².